The molecule has 2 N–H and O–H groups in total. The molecule has 1 saturated carbocycles. The molecule has 1 aliphatic rings. The zero-order chi connectivity index (χ0) is 23.4. The first kappa shape index (κ1) is 23.2. The Balaban J connectivity index is 1.45. The van der Waals surface area contributed by atoms with Crippen LogP contribution in [0.15, 0.2) is 30.0 Å². The zero-order valence-corrected chi connectivity index (χ0v) is 19.7. The van der Waals surface area contributed by atoms with Crippen molar-refractivity contribution in [1.29, 1.82) is 0 Å². The average molecular weight is 491 g/mol. The number of aromatic nitrogens is 4. The molecule has 0 aromatic carbocycles. The van der Waals surface area contributed by atoms with Crippen molar-refractivity contribution in [1.82, 2.24) is 19.9 Å². The highest BCUT2D eigenvalue weighted by atomic mass is 32.2. The Bertz CT molecular complexity index is 1170. The summed E-state index contributed by atoms with van der Waals surface area (Å²) < 4.78 is 35.0. The Morgan fingerprint density at radius 1 is 1.30 bits per heavy atom. The second kappa shape index (κ2) is 10.3. The molecule has 0 spiro atoms. The fourth-order valence-corrected chi connectivity index (χ4v) is 5.05. The smallest absolute Gasteiger partial charge is 0.234 e. The summed E-state index contributed by atoms with van der Waals surface area (Å²) in [7, 11) is -1.16. The maximum Gasteiger partial charge on any atom is 0.234 e. The van der Waals surface area contributed by atoms with Gasteiger partial charge in [0, 0.05) is 17.1 Å². The minimum atomic E-state index is -1.16. The first-order valence-electron chi connectivity index (χ1n) is 10.5. The van der Waals surface area contributed by atoms with Crippen LogP contribution in [0.3, 0.4) is 0 Å². The van der Waals surface area contributed by atoms with E-state index in [4.69, 9.17) is 4.74 Å². The highest BCUT2D eigenvalue weighted by Gasteiger charge is 2.30. The van der Waals surface area contributed by atoms with Crippen molar-refractivity contribution in [3.05, 3.63) is 41.5 Å². The molecule has 12 heteroatoms. The molecule has 1 aliphatic carbocycles. The van der Waals surface area contributed by atoms with Gasteiger partial charge in [-0.05, 0) is 32.3 Å². The van der Waals surface area contributed by atoms with Crippen molar-refractivity contribution < 1.29 is 18.1 Å². The zero-order valence-electron chi connectivity index (χ0n) is 18.1. The molecule has 3 aromatic heterocycles. The number of halogens is 1. The topological polar surface area (TPSA) is 119 Å². The lowest BCUT2D eigenvalue weighted by Crippen LogP contribution is -2.22. The Morgan fingerprint density at radius 2 is 2.12 bits per heavy atom. The number of anilines is 2. The van der Waals surface area contributed by atoms with E-state index in [0.29, 0.717) is 41.0 Å². The maximum absolute atomic E-state index is 14.7. The lowest BCUT2D eigenvalue weighted by atomic mass is 10.0. The van der Waals surface area contributed by atoms with Crippen LogP contribution >= 0.6 is 11.3 Å². The Labute approximate surface area is 196 Å². The fourth-order valence-electron chi connectivity index (χ4n) is 3.05. The number of rotatable bonds is 10. The molecule has 9 nitrogen and oxygen atoms in total. The van der Waals surface area contributed by atoms with Crippen LogP contribution in [0.4, 0.5) is 15.3 Å². The molecule has 4 rings (SSSR count). The van der Waals surface area contributed by atoms with Gasteiger partial charge in [-0.15, -0.1) is 11.3 Å². The van der Waals surface area contributed by atoms with E-state index >= 15 is 0 Å². The van der Waals surface area contributed by atoms with Crippen molar-refractivity contribution in [2.75, 3.05) is 16.6 Å². The van der Waals surface area contributed by atoms with Crippen molar-refractivity contribution >= 4 is 39.2 Å². The number of amides is 1. The molecule has 0 saturated heterocycles. The predicted molar refractivity (Wildman–Crippen MR) is 125 cm³/mol. The predicted octanol–water partition coefficient (Wildman–Crippen LogP) is 3.90. The molecule has 1 fully saturated rings. The van der Waals surface area contributed by atoms with Crippen molar-refractivity contribution in [3.8, 4) is 17.1 Å². The number of carbonyl (C=O) groups is 1. The molecule has 0 aliphatic heterocycles. The second-order valence-corrected chi connectivity index (χ2v) is 9.68. The summed E-state index contributed by atoms with van der Waals surface area (Å²) in [5, 5.41) is 4.97. The van der Waals surface area contributed by atoms with Crippen molar-refractivity contribution in [2.45, 2.75) is 44.3 Å². The van der Waals surface area contributed by atoms with Gasteiger partial charge in [0.15, 0.2) is 16.8 Å². The Hall–Kier alpha value is -2.99. The maximum atomic E-state index is 14.7. The lowest BCUT2D eigenvalue weighted by Gasteiger charge is -2.13. The highest BCUT2D eigenvalue weighted by Crippen LogP contribution is 2.30. The van der Waals surface area contributed by atoms with Gasteiger partial charge in [0.1, 0.15) is 11.0 Å². The summed E-state index contributed by atoms with van der Waals surface area (Å²) in [4.78, 5) is 29.6. The van der Waals surface area contributed by atoms with E-state index < -0.39 is 28.6 Å². The number of pyridine rings is 1. The number of nitrogens with one attached hydrogen (secondary N) is 2. The molecular weight excluding hydrogens is 467 g/mol. The molecule has 2 atom stereocenters. The monoisotopic (exact) mass is 490 g/mol. The summed E-state index contributed by atoms with van der Waals surface area (Å²) in [6.45, 7) is 4.10. The minimum absolute atomic E-state index is 0.173. The van der Waals surface area contributed by atoms with Gasteiger partial charge >= 0.3 is 0 Å². The molecule has 1 amide bonds. The third-order valence-corrected chi connectivity index (χ3v) is 7.28. The molecule has 174 valence electrons. The summed E-state index contributed by atoms with van der Waals surface area (Å²) in [6, 6.07) is 1.24. The van der Waals surface area contributed by atoms with E-state index in [9.17, 15) is 13.4 Å². The normalized spacial score (nSPS) is 15.0. The number of thiazole rings is 1. The SMILES string of the molecule is CCOc1cncc(-c2cnc(NC(=O)C(CC)c3csc(NS(=O)C4CC4)n3)c(F)c2)n1. The van der Waals surface area contributed by atoms with Gasteiger partial charge in [0.2, 0.25) is 11.8 Å². The molecule has 0 radical (unpaired) electrons. The van der Waals surface area contributed by atoms with Crippen LogP contribution in [-0.4, -0.2) is 41.9 Å². The summed E-state index contributed by atoms with van der Waals surface area (Å²) in [6.07, 6.45) is 6.71. The van der Waals surface area contributed by atoms with Crippen LogP contribution in [0.5, 0.6) is 5.88 Å². The summed E-state index contributed by atoms with van der Waals surface area (Å²) in [5.74, 6) is -1.56. The van der Waals surface area contributed by atoms with E-state index in [1.807, 2.05) is 13.8 Å². The third kappa shape index (κ3) is 5.69. The van der Waals surface area contributed by atoms with Gasteiger partial charge in [-0.25, -0.2) is 23.6 Å². The van der Waals surface area contributed by atoms with Crippen LogP contribution in [0, 0.1) is 5.82 Å². The quantitative estimate of drug-likeness (QED) is 0.442. The van der Waals surface area contributed by atoms with Gasteiger partial charge in [-0.2, -0.15) is 0 Å². The standard InChI is InChI=1S/C21H23FN6O3S2/c1-3-14(17-11-32-21(26-17)28-33(30)13-5-6-13)20(29)27-19-15(22)7-12(8-24-19)16-9-23-10-18(25-16)31-4-2/h7-11,13-14H,3-6H2,1-2H3,(H,26,28)(H,24,27,29). The van der Waals surface area contributed by atoms with E-state index in [1.54, 1.807) is 5.38 Å². The number of hydrogen-bond acceptors (Lipinski definition) is 8. The van der Waals surface area contributed by atoms with Gasteiger partial charge < -0.3 is 10.1 Å². The molecule has 33 heavy (non-hydrogen) atoms. The van der Waals surface area contributed by atoms with Gasteiger partial charge in [-0.3, -0.25) is 14.5 Å². The van der Waals surface area contributed by atoms with Gasteiger partial charge in [0.05, 0.1) is 41.6 Å². The lowest BCUT2D eigenvalue weighted by molar-refractivity contribution is -0.117. The van der Waals surface area contributed by atoms with E-state index in [2.05, 4.69) is 30.0 Å². The number of hydrogen-bond donors (Lipinski definition) is 2. The van der Waals surface area contributed by atoms with E-state index in [-0.39, 0.29) is 11.1 Å². The van der Waals surface area contributed by atoms with Crippen LogP contribution in [-0.2, 0) is 15.8 Å². The summed E-state index contributed by atoms with van der Waals surface area (Å²) in [5.41, 5.74) is 1.35. The molecule has 0 bridgehead atoms. The van der Waals surface area contributed by atoms with Crippen LogP contribution < -0.4 is 14.8 Å². The second-order valence-electron chi connectivity index (χ2n) is 7.36. The Morgan fingerprint density at radius 3 is 2.82 bits per heavy atom. The van der Waals surface area contributed by atoms with Crippen LogP contribution in [0.1, 0.15) is 44.7 Å². The summed E-state index contributed by atoms with van der Waals surface area (Å²) >= 11 is 1.29. The van der Waals surface area contributed by atoms with Crippen molar-refractivity contribution in [3.63, 3.8) is 0 Å². The van der Waals surface area contributed by atoms with Gasteiger partial charge in [0.25, 0.3) is 0 Å². The fraction of sp³-hybridized carbons (Fsp3) is 0.381. The average Bonchev–Trinajstić information content (AvgIpc) is 3.57. The van der Waals surface area contributed by atoms with E-state index in [1.165, 1.54) is 36.0 Å². The highest BCUT2D eigenvalue weighted by molar-refractivity contribution is 7.87. The molecule has 3 aromatic rings. The molecule has 3 heterocycles. The van der Waals surface area contributed by atoms with E-state index in [0.717, 1.165) is 12.8 Å². The number of ether oxygens (including phenoxy) is 1. The minimum Gasteiger partial charge on any atom is -0.477 e. The largest absolute Gasteiger partial charge is 0.477 e. The first-order chi connectivity index (χ1) is 16.0. The van der Waals surface area contributed by atoms with Crippen LogP contribution in [0.25, 0.3) is 11.3 Å². The van der Waals surface area contributed by atoms with Crippen molar-refractivity contribution in [2.24, 2.45) is 0 Å². The third-order valence-electron chi connectivity index (χ3n) is 4.90. The van der Waals surface area contributed by atoms with Gasteiger partial charge in [-0.1, -0.05) is 6.92 Å². The number of carbonyl (C=O) groups excluding carboxylic acids is 1. The number of nitrogens with zero attached hydrogens (tertiary/aromatic N) is 4. The van der Waals surface area contributed by atoms with Crippen LogP contribution in [0.2, 0.25) is 0 Å². The first-order valence-corrected chi connectivity index (χ1v) is 12.6. The molecular formula is C21H23FN6O3S2. The Kier molecular flexibility index (Phi) is 7.23. The molecule has 2 unspecified atom stereocenters.